The van der Waals surface area contributed by atoms with Gasteiger partial charge in [-0.15, -0.1) is 0 Å². The van der Waals surface area contributed by atoms with Crippen molar-refractivity contribution in [3.05, 3.63) is 11.9 Å². The number of aromatic nitrogens is 2. The number of esters is 1. The second-order valence-electron chi connectivity index (χ2n) is 5.01. The Labute approximate surface area is 124 Å². The molecule has 21 heavy (non-hydrogen) atoms. The third-order valence-electron chi connectivity index (χ3n) is 3.12. The molecule has 0 aliphatic heterocycles. The zero-order chi connectivity index (χ0) is 16.0. The van der Waals surface area contributed by atoms with Crippen molar-refractivity contribution in [1.29, 1.82) is 0 Å². The Kier molecular flexibility index (Phi) is 6.20. The molecule has 0 fully saturated rings. The highest BCUT2D eigenvalue weighted by atomic mass is 16.5. The van der Waals surface area contributed by atoms with Crippen LogP contribution in [0.25, 0.3) is 0 Å². The van der Waals surface area contributed by atoms with Gasteiger partial charge in [0.2, 0.25) is 5.91 Å². The molecule has 1 rings (SSSR count). The molecule has 1 aromatic heterocycles. The molecule has 7 heteroatoms. The van der Waals surface area contributed by atoms with Crippen molar-refractivity contribution in [2.24, 2.45) is 0 Å². The number of anilines is 1. The van der Waals surface area contributed by atoms with Gasteiger partial charge < -0.3 is 15.8 Å². The summed E-state index contributed by atoms with van der Waals surface area (Å²) >= 11 is 0. The Morgan fingerprint density at radius 2 is 2.10 bits per heavy atom. The first-order valence-electron chi connectivity index (χ1n) is 7.22. The Balaban J connectivity index is 2.79. The number of nitrogens with one attached hydrogen (secondary N) is 1. The Bertz CT molecular complexity index is 498. The second-order valence-corrected chi connectivity index (χ2v) is 5.01. The molecule has 3 N–H and O–H groups in total. The lowest BCUT2D eigenvalue weighted by molar-refractivity contribution is -0.124. The van der Waals surface area contributed by atoms with E-state index < -0.39 is 12.0 Å². The van der Waals surface area contributed by atoms with Crippen LogP contribution in [0.4, 0.5) is 5.69 Å². The van der Waals surface area contributed by atoms with Crippen LogP contribution in [0.15, 0.2) is 6.20 Å². The van der Waals surface area contributed by atoms with Crippen LogP contribution in [0, 0.1) is 0 Å². The Hall–Kier alpha value is -2.05. The molecule has 118 valence electrons. The van der Waals surface area contributed by atoms with E-state index in [1.807, 2.05) is 6.92 Å². The summed E-state index contributed by atoms with van der Waals surface area (Å²) in [5.41, 5.74) is 5.99. The predicted octanol–water partition coefficient (Wildman–Crippen LogP) is 1.51. The molecule has 0 bridgehead atoms. The summed E-state index contributed by atoms with van der Waals surface area (Å²) in [5.74, 6) is -0.741. The Morgan fingerprint density at radius 3 is 2.67 bits per heavy atom. The fraction of sp³-hybridized carbons (Fsp3) is 0.643. The molecule has 0 radical (unpaired) electrons. The van der Waals surface area contributed by atoms with Gasteiger partial charge in [-0.05, 0) is 27.2 Å². The van der Waals surface area contributed by atoms with Crippen LogP contribution in [-0.4, -0.2) is 34.3 Å². The van der Waals surface area contributed by atoms with Crippen LogP contribution < -0.4 is 11.1 Å². The van der Waals surface area contributed by atoms with Gasteiger partial charge in [-0.25, -0.2) is 4.79 Å². The van der Waals surface area contributed by atoms with E-state index in [0.29, 0.717) is 0 Å². The second kappa shape index (κ2) is 7.66. The number of nitrogens with zero attached hydrogens (tertiary/aromatic N) is 2. The molecule has 0 spiro atoms. The van der Waals surface area contributed by atoms with Gasteiger partial charge >= 0.3 is 5.97 Å². The third kappa shape index (κ3) is 4.47. The molecular formula is C14H24N4O3. The van der Waals surface area contributed by atoms with Crippen LogP contribution in [0.2, 0.25) is 0 Å². The number of ether oxygens (including phenoxy) is 1. The highest BCUT2D eigenvalue weighted by molar-refractivity contribution is 5.92. The summed E-state index contributed by atoms with van der Waals surface area (Å²) in [6.45, 7) is 7.67. The number of nitrogens with two attached hydrogens (primary N) is 1. The fourth-order valence-electron chi connectivity index (χ4n) is 1.95. The molecule has 0 aromatic carbocycles. The highest BCUT2D eigenvalue weighted by Gasteiger charge is 2.22. The van der Waals surface area contributed by atoms with Gasteiger partial charge in [0.25, 0.3) is 0 Å². The van der Waals surface area contributed by atoms with Crippen molar-refractivity contribution in [2.75, 3.05) is 12.3 Å². The number of nitrogen functional groups attached to an aromatic ring is 1. The Morgan fingerprint density at radius 1 is 1.43 bits per heavy atom. The van der Waals surface area contributed by atoms with E-state index in [4.69, 9.17) is 10.5 Å². The molecule has 0 aliphatic rings. The summed E-state index contributed by atoms with van der Waals surface area (Å²) in [4.78, 5) is 23.8. The molecule has 1 heterocycles. The van der Waals surface area contributed by atoms with Gasteiger partial charge in [0, 0.05) is 12.2 Å². The van der Waals surface area contributed by atoms with E-state index in [9.17, 15) is 9.59 Å². The van der Waals surface area contributed by atoms with E-state index in [1.165, 1.54) is 10.9 Å². The molecule has 2 unspecified atom stereocenters. The molecule has 1 amide bonds. The van der Waals surface area contributed by atoms with Gasteiger partial charge in [0.05, 0.1) is 12.3 Å². The lowest BCUT2D eigenvalue weighted by Gasteiger charge is -2.17. The van der Waals surface area contributed by atoms with Gasteiger partial charge in [-0.3, -0.25) is 9.48 Å². The maximum absolute atomic E-state index is 12.1. The normalized spacial score (nSPS) is 13.5. The minimum atomic E-state index is -0.583. The van der Waals surface area contributed by atoms with Gasteiger partial charge in [-0.1, -0.05) is 13.3 Å². The average Bonchev–Trinajstić information content (AvgIpc) is 2.80. The maximum atomic E-state index is 12.1. The molecule has 0 saturated heterocycles. The van der Waals surface area contributed by atoms with Crippen molar-refractivity contribution in [3.8, 4) is 0 Å². The maximum Gasteiger partial charge on any atom is 0.361 e. The van der Waals surface area contributed by atoms with Crippen molar-refractivity contribution < 1.29 is 14.3 Å². The van der Waals surface area contributed by atoms with Crippen molar-refractivity contribution in [2.45, 2.75) is 52.6 Å². The molecule has 0 aliphatic carbocycles. The van der Waals surface area contributed by atoms with Crippen molar-refractivity contribution >= 4 is 17.6 Å². The first kappa shape index (κ1) is 17.0. The summed E-state index contributed by atoms with van der Waals surface area (Å²) < 4.78 is 6.25. The minimum Gasteiger partial charge on any atom is -0.461 e. The summed E-state index contributed by atoms with van der Waals surface area (Å²) in [5, 5.41) is 6.96. The number of rotatable bonds is 7. The van der Waals surface area contributed by atoms with E-state index in [0.717, 1.165) is 12.8 Å². The van der Waals surface area contributed by atoms with E-state index in [2.05, 4.69) is 17.3 Å². The fourth-order valence-corrected chi connectivity index (χ4v) is 1.95. The lowest BCUT2D eigenvalue weighted by Crippen LogP contribution is -2.37. The molecular weight excluding hydrogens is 272 g/mol. The van der Waals surface area contributed by atoms with E-state index >= 15 is 0 Å². The summed E-state index contributed by atoms with van der Waals surface area (Å²) in [7, 11) is 0. The largest absolute Gasteiger partial charge is 0.461 e. The third-order valence-corrected chi connectivity index (χ3v) is 3.12. The number of hydrogen-bond acceptors (Lipinski definition) is 5. The van der Waals surface area contributed by atoms with Gasteiger partial charge in [-0.2, -0.15) is 5.10 Å². The molecule has 0 saturated carbocycles. The molecule has 2 atom stereocenters. The quantitative estimate of drug-likeness (QED) is 0.743. The number of carbonyl (C=O) groups excluding carboxylic acids is 2. The summed E-state index contributed by atoms with van der Waals surface area (Å²) in [6, 6.07) is -0.447. The van der Waals surface area contributed by atoms with Crippen LogP contribution in [0.5, 0.6) is 0 Å². The van der Waals surface area contributed by atoms with E-state index in [1.54, 1.807) is 13.8 Å². The van der Waals surface area contributed by atoms with Gasteiger partial charge in [0.15, 0.2) is 5.69 Å². The van der Waals surface area contributed by atoms with E-state index in [-0.39, 0.29) is 29.9 Å². The standard InChI is InChI=1S/C14H24N4O3/c1-5-7-9(3)16-13(19)10(4)18-8-11(15)12(17-18)14(20)21-6-2/h8-10H,5-7,15H2,1-4H3,(H,16,19). The first-order chi connectivity index (χ1) is 9.90. The number of amides is 1. The van der Waals surface area contributed by atoms with Crippen LogP contribution >= 0.6 is 0 Å². The summed E-state index contributed by atoms with van der Waals surface area (Å²) in [6.07, 6.45) is 3.38. The van der Waals surface area contributed by atoms with Crippen LogP contribution in [0.1, 0.15) is 57.1 Å². The predicted molar refractivity (Wildman–Crippen MR) is 79.8 cm³/mol. The molecule has 1 aromatic rings. The van der Waals surface area contributed by atoms with Crippen molar-refractivity contribution in [3.63, 3.8) is 0 Å². The molecule has 7 nitrogen and oxygen atoms in total. The lowest BCUT2D eigenvalue weighted by atomic mass is 10.2. The highest BCUT2D eigenvalue weighted by Crippen LogP contribution is 2.15. The van der Waals surface area contributed by atoms with Crippen LogP contribution in [-0.2, 0) is 9.53 Å². The van der Waals surface area contributed by atoms with Crippen molar-refractivity contribution in [1.82, 2.24) is 15.1 Å². The first-order valence-corrected chi connectivity index (χ1v) is 7.22. The SMILES string of the molecule is CCCC(C)NC(=O)C(C)n1cc(N)c(C(=O)OCC)n1. The van der Waals surface area contributed by atoms with Gasteiger partial charge in [0.1, 0.15) is 6.04 Å². The topological polar surface area (TPSA) is 99.2 Å². The smallest absolute Gasteiger partial charge is 0.361 e. The number of carbonyl (C=O) groups is 2. The monoisotopic (exact) mass is 296 g/mol. The van der Waals surface area contributed by atoms with Crippen LogP contribution in [0.3, 0.4) is 0 Å². The zero-order valence-electron chi connectivity index (χ0n) is 13.0. The minimum absolute atomic E-state index is 0.0399. The average molecular weight is 296 g/mol. The number of hydrogen-bond donors (Lipinski definition) is 2. The zero-order valence-corrected chi connectivity index (χ0v) is 13.0.